The van der Waals surface area contributed by atoms with Gasteiger partial charge in [-0.05, 0) is 119 Å². The Labute approximate surface area is 300 Å². The van der Waals surface area contributed by atoms with Gasteiger partial charge in [0.1, 0.15) is 23.0 Å². The smallest absolute Gasteiger partial charge is 0.416 e. The molecule has 0 aliphatic heterocycles. The molecule has 2 N–H and O–H groups in total. The standard InChI is InChI=1S/C16H22O3.C8H11F3.C7H5F4NS.2C2H6.C2H4.CH4/c1-16(2,3)19-15(17)11-18-14-10-6-8-12-7-4-5-9-13(12)14;1-4-7(9)5-6(2)8(3,10)11;8-5-1-4(7(9,10)11)2-6(3-5)13-12;3*1-2;/h6,8,10H,4-5,7,9,11H2,1-3H3;4-5H,1-3H3;1-3H,12H2;2*1-2H3;1-2H2;1H4/b;6-5+,7-4+;;;;;. The van der Waals surface area contributed by atoms with Crippen LogP contribution in [0.4, 0.5) is 30.7 Å². The Morgan fingerprint density at radius 3 is 1.96 bits per heavy atom. The van der Waals surface area contributed by atoms with Crippen molar-refractivity contribution in [2.24, 2.45) is 5.14 Å². The molecule has 0 aromatic heterocycles. The van der Waals surface area contributed by atoms with E-state index < -0.39 is 34.9 Å². The van der Waals surface area contributed by atoms with E-state index in [2.05, 4.69) is 19.2 Å². The molecule has 0 radical (unpaired) electrons. The van der Waals surface area contributed by atoms with Crippen LogP contribution in [0, 0.1) is 5.82 Å². The van der Waals surface area contributed by atoms with Crippen LogP contribution in [0.1, 0.15) is 106 Å². The monoisotopic (exact) mass is 741 g/mol. The van der Waals surface area contributed by atoms with E-state index in [1.165, 1.54) is 37.8 Å². The first kappa shape index (κ1) is 53.5. The number of carbonyl (C=O) groups is 1. The molecule has 0 heterocycles. The van der Waals surface area contributed by atoms with Crippen molar-refractivity contribution in [3.05, 3.63) is 95.6 Å². The Bertz CT molecular complexity index is 1280. The van der Waals surface area contributed by atoms with Crippen molar-refractivity contribution in [3.8, 4) is 5.75 Å². The maximum Gasteiger partial charge on any atom is 0.416 e. The van der Waals surface area contributed by atoms with Crippen LogP contribution in [-0.4, -0.2) is 24.1 Å². The van der Waals surface area contributed by atoms with Gasteiger partial charge in [-0.25, -0.2) is 22.4 Å². The minimum Gasteiger partial charge on any atom is -0.482 e. The summed E-state index contributed by atoms with van der Waals surface area (Å²) in [6.07, 6.45) is 2.02. The average Bonchev–Trinajstić information content (AvgIpc) is 3.05. The van der Waals surface area contributed by atoms with Crippen molar-refractivity contribution < 1.29 is 45.0 Å². The Hall–Kier alpha value is -3.25. The lowest BCUT2D eigenvalue weighted by molar-refractivity contribution is -0.157. The molecule has 2 aromatic rings. The van der Waals surface area contributed by atoms with Crippen LogP contribution in [-0.2, 0) is 28.5 Å². The van der Waals surface area contributed by atoms with Crippen LogP contribution in [0.2, 0.25) is 0 Å². The number of rotatable bonds is 6. The van der Waals surface area contributed by atoms with E-state index in [1.807, 2.05) is 60.6 Å². The highest BCUT2D eigenvalue weighted by molar-refractivity contribution is 7.97. The van der Waals surface area contributed by atoms with Crippen molar-refractivity contribution in [2.45, 2.75) is 125 Å². The van der Waals surface area contributed by atoms with Crippen LogP contribution in [0.5, 0.6) is 5.75 Å². The summed E-state index contributed by atoms with van der Waals surface area (Å²) >= 11 is 0.573. The SMILES string of the molecule is C.C/C=C(F)\C=C(/C)C(C)(F)F.C=C.CC.CC.CC(C)(C)OC(=O)COc1cccc2c1CCCC2.NSc1cc(F)cc(C(F)(F)F)c1. The Balaban J connectivity index is -0.000000303. The maximum atomic E-state index is 12.6. The molecule has 0 saturated heterocycles. The summed E-state index contributed by atoms with van der Waals surface area (Å²) in [4.78, 5) is 11.7. The molecule has 0 saturated carbocycles. The van der Waals surface area contributed by atoms with Gasteiger partial charge in [-0.2, -0.15) is 13.2 Å². The molecule has 2 aromatic carbocycles. The Kier molecular flexibility index (Phi) is 29.4. The van der Waals surface area contributed by atoms with E-state index in [4.69, 9.17) is 14.6 Å². The molecule has 4 nitrogen and oxygen atoms in total. The fraction of sp³-hybridized carbons (Fsp3) is 0.500. The molecule has 288 valence electrons. The normalized spacial score (nSPS) is 12.4. The molecule has 0 atom stereocenters. The highest BCUT2D eigenvalue weighted by Crippen LogP contribution is 2.32. The molecular weight excluding hydrogens is 683 g/mol. The summed E-state index contributed by atoms with van der Waals surface area (Å²) in [5, 5.41) is 5.01. The lowest BCUT2D eigenvalue weighted by Gasteiger charge is -2.21. The predicted octanol–water partition coefficient (Wildman–Crippen LogP) is 13.0. The molecule has 0 bridgehead atoms. The minimum atomic E-state index is -4.54. The van der Waals surface area contributed by atoms with Crippen molar-refractivity contribution in [2.75, 3.05) is 6.61 Å². The number of halogens is 7. The second kappa shape index (κ2) is 27.5. The first-order valence-electron chi connectivity index (χ1n) is 15.8. The number of esters is 1. The number of hydrogen-bond acceptors (Lipinski definition) is 5. The number of benzene rings is 2. The number of allylic oxidation sites excluding steroid dienone is 4. The quantitative estimate of drug-likeness (QED) is 0.105. The number of carbonyl (C=O) groups excluding carboxylic acids is 1. The molecule has 0 fully saturated rings. The third-order valence-electron chi connectivity index (χ3n) is 5.78. The van der Waals surface area contributed by atoms with Crippen molar-refractivity contribution in [1.82, 2.24) is 0 Å². The average molecular weight is 742 g/mol. The van der Waals surface area contributed by atoms with Gasteiger partial charge in [0.05, 0.1) is 5.56 Å². The lowest BCUT2D eigenvalue weighted by atomic mass is 9.91. The first-order chi connectivity index (χ1) is 22.8. The second-order valence-corrected chi connectivity index (χ2v) is 11.4. The molecule has 1 aliphatic carbocycles. The highest BCUT2D eigenvalue weighted by Gasteiger charge is 2.31. The van der Waals surface area contributed by atoms with Crippen molar-refractivity contribution in [3.63, 3.8) is 0 Å². The number of fused-ring (bicyclic) bond motifs is 1. The number of hydrogen-bond donors (Lipinski definition) is 1. The van der Waals surface area contributed by atoms with Gasteiger partial charge >= 0.3 is 12.1 Å². The summed E-state index contributed by atoms with van der Waals surface area (Å²) in [6.45, 7) is 22.9. The molecule has 12 heteroatoms. The van der Waals surface area contributed by atoms with Crippen LogP contribution < -0.4 is 9.88 Å². The van der Waals surface area contributed by atoms with E-state index in [9.17, 15) is 35.5 Å². The Morgan fingerprint density at radius 1 is 0.960 bits per heavy atom. The van der Waals surface area contributed by atoms with Crippen LogP contribution >= 0.6 is 11.9 Å². The summed E-state index contributed by atoms with van der Waals surface area (Å²) in [7, 11) is 0. The van der Waals surface area contributed by atoms with Gasteiger partial charge in [0.2, 0.25) is 0 Å². The fourth-order valence-corrected chi connectivity index (χ4v) is 3.98. The molecule has 0 amide bonds. The van der Waals surface area contributed by atoms with Crippen molar-refractivity contribution >= 4 is 17.9 Å². The van der Waals surface area contributed by atoms with E-state index in [-0.39, 0.29) is 30.5 Å². The van der Waals surface area contributed by atoms with E-state index in [1.54, 1.807) is 0 Å². The molecule has 1 aliphatic rings. The summed E-state index contributed by atoms with van der Waals surface area (Å²) in [6, 6.07) is 8.26. The predicted molar refractivity (Wildman–Crippen MR) is 196 cm³/mol. The topological polar surface area (TPSA) is 61.5 Å². The molecule has 3 rings (SSSR count). The fourth-order valence-electron chi connectivity index (χ4n) is 3.60. The molecule has 0 spiro atoms. The number of alkyl halides is 5. The third-order valence-corrected chi connectivity index (χ3v) is 6.28. The summed E-state index contributed by atoms with van der Waals surface area (Å²) < 4.78 is 96.7. The van der Waals surface area contributed by atoms with Crippen molar-refractivity contribution in [1.29, 1.82) is 0 Å². The zero-order valence-corrected chi connectivity index (χ0v) is 31.2. The molecular formula is C38H58F7NO3S. The van der Waals surface area contributed by atoms with Crippen LogP contribution in [0.3, 0.4) is 0 Å². The third kappa shape index (κ3) is 24.0. The number of aryl methyl sites for hydroxylation is 1. The minimum absolute atomic E-state index is 0. The zero-order chi connectivity index (χ0) is 39.0. The first-order valence-corrected chi connectivity index (χ1v) is 16.7. The van der Waals surface area contributed by atoms with Gasteiger partial charge < -0.3 is 9.47 Å². The van der Waals surface area contributed by atoms with Crippen LogP contribution in [0.25, 0.3) is 0 Å². The summed E-state index contributed by atoms with van der Waals surface area (Å²) in [5.41, 5.74) is 0.857. The Morgan fingerprint density at radius 2 is 1.50 bits per heavy atom. The van der Waals surface area contributed by atoms with Gasteiger partial charge in [0.15, 0.2) is 6.61 Å². The van der Waals surface area contributed by atoms with E-state index in [0.29, 0.717) is 18.0 Å². The summed E-state index contributed by atoms with van der Waals surface area (Å²) in [5.74, 6) is -3.99. The number of nitrogens with two attached hydrogens (primary N) is 1. The van der Waals surface area contributed by atoms with Gasteiger partial charge in [0.25, 0.3) is 5.92 Å². The van der Waals surface area contributed by atoms with Gasteiger partial charge in [-0.3, -0.25) is 5.14 Å². The van der Waals surface area contributed by atoms with Gasteiger partial charge in [-0.1, -0.05) is 53.3 Å². The maximum absolute atomic E-state index is 12.6. The zero-order valence-electron chi connectivity index (χ0n) is 30.4. The lowest BCUT2D eigenvalue weighted by Crippen LogP contribution is -2.27. The van der Waals surface area contributed by atoms with Crippen LogP contribution in [0.15, 0.2) is 78.0 Å². The second-order valence-electron chi connectivity index (χ2n) is 10.7. The van der Waals surface area contributed by atoms with Gasteiger partial charge in [-0.15, -0.1) is 13.2 Å². The van der Waals surface area contributed by atoms with E-state index in [0.717, 1.165) is 49.8 Å². The van der Waals surface area contributed by atoms with Gasteiger partial charge in [0, 0.05) is 11.8 Å². The number of ether oxygens (including phenoxy) is 2. The van der Waals surface area contributed by atoms with E-state index >= 15 is 0 Å². The molecule has 0 unspecified atom stereocenters. The largest absolute Gasteiger partial charge is 0.482 e. The highest BCUT2D eigenvalue weighted by atomic mass is 32.2. The molecule has 50 heavy (non-hydrogen) atoms.